The molecule has 0 saturated carbocycles. The fourth-order valence-electron chi connectivity index (χ4n) is 0.202. The van der Waals surface area contributed by atoms with Gasteiger partial charge in [0.25, 0.3) is 6.47 Å². The van der Waals surface area contributed by atoms with Gasteiger partial charge in [-0.1, -0.05) is 0 Å². The van der Waals surface area contributed by atoms with E-state index in [1.165, 1.54) is 13.8 Å². The molecule has 5 heteroatoms. The van der Waals surface area contributed by atoms with Gasteiger partial charge in [-0.15, -0.1) is 0 Å². The van der Waals surface area contributed by atoms with E-state index >= 15 is 0 Å². The molecule has 0 aromatic heterocycles. The predicted octanol–water partition coefficient (Wildman–Crippen LogP) is -0.203. The van der Waals surface area contributed by atoms with Crippen molar-refractivity contribution in [1.82, 2.24) is 0 Å². The standard InChI is InChI=1S/C4H6O3.CH2O2/c1-3(5)7-4(2)6;2-1-3/h1-2H3;1H,(H,2,3). The third kappa shape index (κ3) is 30.5. The maximum absolute atomic E-state index is 9.81. The van der Waals surface area contributed by atoms with Crippen molar-refractivity contribution in [3.63, 3.8) is 0 Å². The van der Waals surface area contributed by atoms with Gasteiger partial charge in [-0.2, -0.15) is 0 Å². The lowest BCUT2D eigenvalue weighted by Crippen LogP contribution is -2.03. The summed E-state index contributed by atoms with van der Waals surface area (Å²) in [5.74, 6) is -1.12. The monoisotopic (exact) mass is 148 g/mol. The molecule has 0 aromatic rings. The Labute approximate surface area is 57.6 Å². The molecule has 0 spiro atoms. The zero-order valence-electron chi connectivity index (χ0n) is 5.66. The van der Waals surface area contributed by atoms with Crippen LogP contribution in [0.5, 0.6) is 0 Å². The van der Waals surface area contributed by atoms with Crippen molar-refractivity contribution in [2.45, 2.75) is 13.8 Å². The summed E-state index contributed by atoms with van der Waals surface area (Å²) in [4.78, 5) is 28.0. The fraction of sp³-hybridized carbons (Fsp3) is 0.400. The molecule has 0 atom stereocenters. The highest BCUT2D eigenvalue weighted by molar-refractivity contribution is 5.82. The molecule has 0 aliphatic rings. The molecule has 0 amide bonds. The molecule has 0 fully saturated rings. The van der Waals surface area contributed by atoms with Crippen LogP contribution in [0, 0.1) is 0 Å². The first-order valence-electron chi connectivity index (χ1n) is 2.31. The second-order valence-corrected chi connectivity index (χ2v) is 1.19. The Hall–Kier alpha value is -1.39. The van der Waals surface area contributed by atoms with Crippen LogP contribution in [-0.2, 0) is 19.1 Å². The van der Waals surface area contributed by atoms with Crippen LogP contribution in [0.4, 0.5) is 0 Å². The third-order valence-corrected chi connectivity index (χ3v) is 0.287. The molecule has 0 radical (unpaired) electrons. The van der Waals surface area contributed by atoms with E-state index in [4.69, 9.17) is 9.90 Å². The summed E-state index contributed by atoms with van der Waals surface area (Å²) in [6, 6.07) is 0. The molecule has 5 nitrogen and oxygen atoms in total. The van der Waals surface area contributed by atoms with Crippen molar-refractivity contribution in [3.05, 3.63) is 0 Å². The quantitative estimate of drug-likeness (QED) is 0.292. The van der Waals surface area contributed by atoms with Crippen LogP contribution in [0.1, 0.15) is 13.8 Å². The second-order valence-electron chi connectivity index (χ2n) is 1.19. The summed E-state index contributed by atoms with van der Waals surface area (Å²) in [7, 11) is 0. The number of carbonyl (C=O) groups excluding carboxylic acids is 2. The minimum absolute atomic E-state index is 0.250. The summed E-state index contributed by atoms with van der Waals surface area (Å²) in [6.45, 7) is 2.11. The predicted molar refractivity (Wildman–Crippen MR) is 31.1 cm³/mol. The van der Waals surface area contributed by atoms with Gasteiger partial charge in [0, 0.05) is 13.8 Å². The van der Waals surface area contributed by atoms with E-state index in [1.54, 1.807) is 0 Å². The van der Waals surface area contributed by atoms with Crippen LogP contribution in [0.3, 0.4) is 0 Å². The van der Waals surface area contributed by atoms with Gasteiger partial charge in [0.2, 0.25) is 0 Å². The first-order valence-corrected chi connectivity index (χ1v) is 2.31. The lowest BCUT2D eigenvalue weighted by molar-refractivity contribution is -0.156. The average Bonchev–Trinajstić information content (AvgIpc) is 1.62. The molecule has 0 heterocycles. The highest BCUT2D eigenvalue weighted by atomic mass is 16.6. The Morgan fingerprint density at radius 2 is 1.50 bits per heavy atom. The zero-order valence-corrected chi connectivity index (χ0v) is 5.66. The minimum atomic E-state index is -0.562. The Kier molecular flexibility index (Phi) is 8.68. The second kappa shape index (κ2) is 7.61. The molecule has 0 unspecified atom stereocenters. The molecule has 0 rings (SSSR count). The van der Waals surface area contributed by atoms with Gasteiger partial charge >= 0.3 is 11.9 Å². The largest absolute Gasteiger partial charge is 0.483 e. The molecule has 0 saturated heterocycles. The molecule has 0 bridgehead atoms. The summed E-state index contributed by atoms with van der Waals surface area (Å²) in [5.41, 5.74) is 0. The Bertz CT molecular complexity index is 116. The lowest BCUT2D eigenvalue weighted by atomic mass is 10.7. The average molecular weight is 148 g/mol. The highest BCUT2D eigenvalue weighted by Crippen LogP contribution is 1.73. The summed E-state index contributed by atoms with van der Waals surface area (Å²) in [5, 5.41) is 6.89. The molecule has 10 heavy (non-hydrogen) atoms. The summed E-state index contributed by atoms with van der Waals surface area (Å²) < 4.78 is 3.97. The lowest BCUT2D eigenvalue weighted by Gasteiger charge is -1.87. The number of carboxylic acid groups (broad SMARTS) is 1. The Morgan fingerprint density at radius 3 is 1.50 bits per heavy atom. The number of carbonyl (C=O) groups is 3. The zero-order chi connectivity index (χ0) is 8.57. The van der Waals surface area contributed by atoms with Crippen molar-refractivity contribution < 1.29 is 24.2 Å². The van der Waals surface area contributed by atoms with E-state index in [-0.39, 0.29) is 6.47 Å². The van der Waals surface area contributed by atoms with Crippen LogP contribution in [0.15, 0.2) is 0 Å². The van der Waals surface area contributed by atoms with Crippen molar-refractivity contribution in [2.24, 2.45) is 0 Å². The van der Waals surface area contributed by atoms with E-state index in [2.05, 4.69) is 4.74 Å². The molecule has 0 aliphatic carbocycles. The maximum Gasteiger partial charge on any atom is 0.310 e. The van der Waals surface area contributed by atoms with Gasteiger partial charge in [0.05, 0.1) is 0 Å². The van der Waals surface area contributed by atoms with E-state index in [0.29, 0.717) is 0 Å². The number of ether oxygens (including phenoxy) is 1. The Balaban J connectivity index is 0. The molecular formula is C5H8O5. The van der Waals surface area contributed by atoms with Crippen LogP contribution in [0.2, 0.25) is 0 Å². The van der Waals surface area contributed by atoms with Crippen LogP contribution in [-0.4, -0.2) is 23.5 Å². The van der Waals surface area contributed by atoms with E-state index in [9.17, 15) is 9.59 Å². The van der Waals surface area contributed by atoms with Crippen LogP contribution >= 0.6 is 0 Å². The summed E-state index contributed by atoms with van der Waals surface area (Å²) in [6.07, 6.45) is 0. The number of hydrogen-bond donors (Lipinski definition) is 1. The minimum Gasteiger partial charge on any atom is -0.483 e. The molecule has 0 aliphatic heterocycles. The van der Waals surface area contributed by atoms with E-state index in [1.807, 2.05) is 0 Å². The maximum atomic E-state index is 9.81. The van der Waals surface area contributed by atoms with Gasteiger partial charge in [0.1, 0.15) is 0 Å². The van der Waals surface area contributed by atoms with Crippen molar-refractivity contribution in [2.75, 3.05) is 0 Å². The van der Waals surface area contributed by atoms with Gasteiger partial charge in [-0.25, -0.2) is 0 Å². The SMILES string of the molecule is CC(=O)OC(C)=O.O=CO. The van der Waals surface area contributed by atoms with Crippen molar-refractivity contribution in [1.29, 1.82) is 0 Å². The molecule has 0 aromatic carbocycles. The van der Waals surface area contributed by atoms with Crippen LogP contribution < -0.4 is 0 Å². The first kappa shape index (κ1) is 11.4. The first-order chi connectivity index (χ1) is 4.54. The third-order valence-electron chi connectivity index (χ3n) is 0.287. The van der Waals surface area contributed by atoms with Crippen molar-refractivity contribution >= 4 is 18.4 Å². The highest BCUT2D eigenvalue weighted by Gasteiger charge is 1.93. The molecule has 1 N–H and O–H groups in total. The van der Waals surface area contributed by atoms with Gasteiger partial charge in [-0.3, -0.25) is 14.4 Å². The normalized spacial score (nSPS) is 6.60. The molecule has 58 valence electrons. The van der Waals surface area contributed by atoms with Gasteiger partial charge in [0.15, 0.2) is 0 Å². The fourth-order valence-corrected chi connectivity index (χ4v) is 0.202. The van der Waals surface area contributed by atoms with Crippen molar-refractivity contribution in [3.8, 4) is 0 Å². The van der Waals surface area contributed by atoms with E-state index in [0.717, 1.165) is 0 Å². The van der Waals surface area contributed by atoms with E-state index < -0.39 is 11.9 Å². The van der Waals surface area contributed by atoms with Crippen LogP contribution in [0.25, 0.3) is 0 Å². The van der Waals surface area contributed by atoms with Gasteiger partial charge < -0.3 is 9.84 Å². The molecular weight excluding hydrogens is 140 g/mol. The Morgan fingerprint density at radius 1 is 1.30 bits per heavy atom. The number of esters is 2. The number of rotatable bonds is 0. The topological polar surface area (TPSA) is 80.7 Å². The number of hydrogen-bond acceptors (Lipinski definition) is 4. The summed E-state index contributed by atoms with van der Waals surface area (Å²) >= 11 is 0. The van der Waals surface area contributed by atoms with Gasteiger partial charge in [-0.05, 0) is 0 Å². The smallest absolute Gasteiger partial charge is 0.310 e.